The summed E-state index contributed by atoms with van der Waals surface area (Å²) in [5.41, 5.74) is 6.99. The third-order valence-electron chi connectivity index (χ3n) is 7.39. The van der Waals surface area contributed by atoms with Crippen molar-refractivity contribution in [1.29, 1.82) is 0 Å². The number of pyridine rings is 1. The maximum atomic E-state index is 12.8. The monoisotopic (exact) mass is 429 g/mol. The number of nitrogen functional groups attached to an aromatic ring is 1. The van der Waals surface area contributed by atoms with E-state index in [1.165, 1.54) is 25.3 Å². The fourth-order valence-corrected chi connectivity index (χ4v) is 5.94. The molecule has 2 aromatic heterocycles. The summed E-state index contributed by atoms with van der Waals surface area (Å²) in [7, 11) is 0. The summed E-state index contributed by atoms with van der Waals surface area (Å²) in [4.78, 5) is 16.3. The quantitative estimate of drug-likeness (QED) is 0.777. The van der Waals surface area contributed by atoms with Gasteiger partial charge < -0.3 is 20.1 Å². The maximum absolute atomic E-state index is 12.8. The van der Waals surface area contributed by atoms with E-state index >= 15 is 0 Å². The van der Waals surface area contributed by atoms with Gasteiger partial charge in [0, 0.05) is 30.3 Å². The Morgan fingerprint density at radius 2 is 2.06 bits per heavy atom. The van der Waals surface area contributed by atoms with E-state index in [4.69, 9.17) is 20.4 Å². The van der Waals surface area contributed by atoms with Crippen LogP contribution in [0.15, 0.2) is 18.3 Å². The predicted octanol–water partition coefficient (Wildman–Crippen LogP) is 3.60. The Kier molecular flexibility index (Phi) is 4.48. The Balaban J connectivity index is 1.41. The number of nitrogens with zero attached hydrogens (tertiary/aromatic N) is 4. The summed E-state index contributed by atoms with van der Waals surface area (Å²) < 4.78 is 35.9. The van der Waals surface area contributed by atoms with Gasteiger partial charge in [-0.2, -0.15) is 8.78 Å². The van der Waals surface area contributed by atoms with Crippen LogP contribution in [0.25, 0.3) is 11.3 Å². The fraction of sp³-hybridized carbons (Fsp3) is 0.591. The van der Waals surface area contributed by atoms with E-state index < -0.39 is 6.61 Å². The second-order valence-corrected chi connectivity index (χ2v) is 9.23. The van der Waals surface area contributed by atoms with Gasteiger partial charge >= 0.3 is 6.61 Å². The van der Waals surface area contributed by atoms with Crippen molar-refractivity contribution in [1.82, 2.24) is 15.0 Å². The van der Waals surface area contributed by atoms with Crippen molar-refractivity contribution >= 4 is 11.6 Å². The third-order valence-corrected chi connectivity index (χ3v) is 7.39. The number of nitrogens with two attached hydrogens (primary N) is 1. The highest BCUT2D eigenvalue weighted by Crippen LogP contribution is 2.52. The van der Waals surface area contributed by atoms with E-state index in [0.717, 1.165) is 36.9 Å². The molecule has 7 nitrogen and oxygen atoms in total. The van der Waals surface area contributed by atoms with Crippen LogP contribution in [-0.4, -0.2) is 46.9 Å². The molecule has 6 rings (SSSR count). The molecule has 4 aliphatic rings. The van der Waals surface area contributed by atoms with E-state index in [9.17, 15) is 8.78 Å². The SMILES string of the molecule is Nc1ncc(-c2cc(N3C[C@@H]4C[C@H]3CO4)nc(C3CC4CCC3C4)n2)cc1OC(F)F. The van der Waals surface area contributed by atoms with E-state index in [1.807, 2.05) is 6.07 Å². The first kappa shape index (κ1) is 19.2. The molecule has 2 N–H and O–H groups in total. The highest BCUT2D eigenvalue weighted by molar-refractivity contribution is 5.67. The number of halogens is 2. The molecule has 9 heteroatoms. The van der Waals surface area contributed by atoms with Crippen LogP contribution >= 0.6 is 0 Å². The Morgan fingerprint density at radius 3 is 2.74 bits per heavy atom. The van der Waals surface area contributed by atoms with Crippen molar-refractivity contribution in [2.45, 2.75) is 56.8 Å². The predicted molar refractivity (Wildman–Crippen MR) is 110 cm³/mol. The Morgan fingerprint density at radius 1 is 1.16 bits per heavy atom. The molecule has 2 aliphatic heterocycles. The second-order valence-electron chi connectivity index (χ2n) is 9.23. The number of alkyl halides is 2. The van der Waals surface area contributed by atoms with Crippen LogP contribution in [0.3, 0.4) is 0 Å². The van der Waals surface area contributed by atoms with Crippen LogP contribution in [0.2, 0.25) is 0 Å². The molecule has 0 spiro atoms. The second kappa shape index (κ2) is 7.25. The topological polar surface area (TPSA) is 86.4 Å². The lowest BCUT2D eigenvalue weighted by Crippen LogP contribution is -2.37. The number of hydrogen-bond acceptors (Lipinski definition) is 7. The lowest BCUT2D eigenvalue weighted by atomic mass is 9.88. The molecule has 0 aromatic carbocycles. The number of anilines is 2. The molecule has 2 saturated heterocycles. The highest BCUT2D eigenvalue weighted by atomic mass is 19.3. The number of hydrogen-bond donors (Lipinski definition) is 1. The minimum absolute atomic E-state index is 0.0688. The van der Waals surface area contributed by atoms with E-state index in [-0.39, 0.29) is 17.7 Å². The number of fused-ring (bicyclic) bond motifs is 4. The van der Waals surface area contributed by atoms with Gasteiger partial charge in [-0.05, 0) is 43.6 Å². The zero-order valence-corrected chi connectivity index (χ0v) is 17.1. The number of ether oxygens (including phenoxy) is 2. The molecule has 4 fully saturated rings. The zero-order valence-electron chi connectivity index (χ0n) is 17.1. The maximum Gasteiger partial charge on any atom is 0.387 e. The highest BCUT2D eigenvalue weighted by Gasteiger charge is 2.43. The number of morpholine rings is 1. The van der Waals surface area contributed by atoms with E-state index in [0.29, 0.717) is 35.7 Å². The molecular weight excluding hydrogens is 404 g/mol. The largest absolute Gasteiger partial charge is 0.431 e. The molecule has 4 bridgehead atoms. The molecule has 2 aromatic rings. The summed E-state index contributed by atoms with van der Waals surface area (Å²) in [6.45, 7) is -1.44. The Hall–Kier alpha value is -2.55. The minimum atomic E-state index is -2.97. The molecular formula is C22H25F2N5O2. The van der Waals surface area contributed by atoms with Crippen molar-refractivity contribution < 1.29 is 18.3 Å². The zero-order chi connectivity index (χ0) is 21.1. The average Bonchev–Trinajstić information content (AvgIpc) is 3.56. The van der Waals surface area contributed by atoms with Crippen molar-refractivity contribution in [3.63, 3.8) is 0 Å². The first-order valence-corrected chi connectivity index (χ1v) is 11.0. The van der Waals surface area contributed by atoms with Gasteiger partial charge in [0.25, 0.3) is 0 Å². The van der Waals surface area contributed by atoms with Crippen LogP contribution in [-0.2, 0) is 4.74 Å². The lowest BCUT2D eigenvalue weighted by molar-refractivity contribution is -0.0494. The van der Waals surface area contributed by atoms with Gasteiger partial charge in [-0.25, -0.2) is 15.0 Å². The first-order chi connectivity index (χ1) is 15.0. The first-order valence-electron chi connectivity index (χ1n) is 11.0. The molecule has 164 valence electrons. The van der Waals surface area contributed by atoms with Gasteiger partial charge in [-0.1, -0.05) is 6.42 Å². The summed E-state index contributed by atoms with van der Waals surface area (Å²) in [6, 6.07) is 3.74. The summed E-state index contributed by atoms with van der Waals surface area (Å²) >= 11 is 0. The summed E-state index contributed by atoms with van der Waals surface area (Å²) in [5.74, 6) is 3.29. The molecule has 0 amide bonds. The van der Waals surface area contributed by atoms with Crippen LogP contribution in [0.1, 0.15) is 43.8 Å². The van der Waals surface area contributed by atoms with Gasteiger partial charge in [0.2, 0.25) is 0 Å². The fourth-order valence-electron chi connectivity index (χ4n) is 5.94. The molecule has 2 aliphatic carbocycles. The van der Waals surface area contributed by atoms with Gasteiger partial charge in [-0.15, -0.1) is 0 Å². The van der Waals surface area contributed by atoms with Crippen LogP contribution in [0.5, 0.6) is 5.75 Å². The third kappa shape index (κ3) is 3.39. The van der Waals surface area contributed by atoms with Gasteiger partial charge in [0.15, 0.2) is 11.6 Å². The summed E-state index contributed by atoms with van der Waals surface area (Å²) in [6.07, 6.45) is 7.74. The van der Waals surface area contributed by atoms with Gasteiger partial charge in [-0.3, -0.25) is 0 Å². The molecule has 5 atom stereocenters. The Bertz CT molecular complexity index is 960. The molecule has 4 heterocycles. The van der Waals surface area contributed by atoms with Crippen molar-refractivity contribution in [3.05, 3.63) is 24.2 Å². The number of aromatic nitrogens is 3. The Labute approximate surface area is 179 Å². The van der Waals surface area contributed by atoms with Crippen molar-refractivity contribution in [3.8, 4) is 17.0 Å². The smallest absolute Gasteiger partial charge is 0.387 e. The van der Waals surface area contributed by atoms with Crippen LogP contribution in [0.4, 0.5) is 20.4 Å². The van der Waals surface area contributed by atoms with E-state index in [1.54, 1.807) is 6.20 Å². The molecule has 31 heavy (non-hydrogen) atoms. The van der Waals surface area contributed by atoms with Gasteiger partial charge in [0.1, 0.15) is 11.6 Å². The normalized spacial score (nSPS) is 31.2. The summed E-state index contributed by atoms with van der Waals surface area (Å²) in [5, 5.41) is 0. The van der Waals surface area contributed by atoms with Gasteiger partial charge in [0.05, 0.1) is 24.4 Å². The molecule has 0 radical (unpaired) electrons. The molecule has 2 saturated carbocycles. The molecule has 3 unspecified atom stereocenters. The van der Waals surface area contributed by atoms with Crippen molar-refractivity contribution in [2.24, 2.45) is 11.8 Å². The standard InChI is InChI=1S/C22H25F2N5O2/c23-22(24)31-18-5-13(8-26-20(18)25)17-7-19(29-9-15-6-14(29)10-30-15)28-21(27-17)16-4-11-1-2-12(16)3-11/h5,7-8,11-12,14-16,22H,1-4,6,9-10H2,(H2,25,26)/t11?,12?,14-,15-,16?/m0/s1. The van der Waals surface area contributed by atoms with Crippen LogP contribution < -0.4 is 15.4 Å². The number of rotatable bonds is 5. The lowest BCUT2D eigenvalue weighted by Gasteiger charge is -2.29. The van der Waals surface area contributed by atoms with E-state index in [2.05, 4.69) is 14.6 Å². The van der Waals surface area contributed by atoms with Crippen LogP contribution in [0, 0.1) is 11.8 Å². The average molecular weight is 429 g/mol. The minimum Gasteiger partial charge on any atom is -0.431 e. The van der Waals surface area contributed by atoms with Crippen molar-refractivity contribution in [2.75, 3.05) is 23.8 Å².